The number of carbonyl (C=O) groups excluding carboxylic acids is 1. The summed E-state index contributed by atoms with van der Waals surface area (Å²) in [5, 5.41) is 7.53. The molecule has 6 heteroatoms. The van der Waals surface area contributed by atoms with Crippen LogP contribution in [0.1, 0.15) is 44.3 Å². The minimum Gasteiger partial charge on any atom is -0.441 e. The van der Waals surface area contributed by atoms with E-state index in [4.69, 9.17) is 9.40 Å². The zero-order chi connectivity index (χ0) is 22.1. The van der Waals surface area contributed by atoms with Crippen LogP contribution in [0.5, 0.6) is 0 Å². The number of benzene rings is 2. The van der Waals surface area contributed by atoms with Crippen LogP contribution in [0.4, 0.5) is 5.69 Å². The van der Waals surface area contributed by atoms with E-state index in [9.17, 15) is 4.79 Å². The third-order valence-electron chi connectivity index (χ3n) is 5.71. The van der Waals surface area contributed by atoms with E-state index in [0.29, 0.717) is 18.0 Å². The molecule has 1 amide bonds. The molecule has 2 aromatic heterocycles. The van der Waals surface area contributed by atoms with Crippen molar-refractivity contribution in [2.45, 2.75) is 41.2 Å². The Balaban J connectivity index is 1.50. The number of nitrogens with zero attached hydrogens (tertiary/aromatic N) is 3. The molecule has 158 valence electrons. The number of oxazole rings is 1. The summed E-state index contributed by atoms with van der Waals surface area (Å²) in [5.74, 6) is 1.21. The van der Waals surface area contributed by atoms with Crippen LogP contribution >= 0.6 is 0 Å². The lowest BCUT2D eigenvalue weighted by Gasteiger charge is -2.07. The largest absolute Gasteiger partial charge is 0.441 e. The monoisotopic (exact) mass is 414 g/mol. The van der Waals surface area contributed by atoms with E-state index in [1.54, 1.807) is 0 Å². The molecule has 2 aromatic carbocycles. The molecule has 0 spiro atoms. The topological polar surface area (TPSA) is 73.0 Å². The van der Waals surface area contributed by atoms with Crippen LogP contribution in [0.25, 0.3) is 11.5 Å². The van der Waals surface area contributed by atoms with Crippen molar-refractivity contribution >= 4 is 11.6 Å². The third kappa shape index (κ3) is 4.14. The van der Waals surface area contributed by atoms with Gasteiger partial charge in [-0.25, -0.2) is 4.98 Å². The van der Waals surface area contributed by atoms with Crippen LogP contribution in [0.15, 0.2) is 52.9 Å². The summed E-state index contributed by atoms with van der Waals surface area (Å²) in [7, 11) is 0. The van der Waals surface area contributed by atoms with Crippen molar-refractivity contribution in [3.05, 3.63) is 88.1 Å². The van der Waals surface area contributed by atoms with E-state index in [0.717, 1.165) is 39.7 Å². The van der Waals surface area contributed by atoms with Crippen LogP contribution < -0.4 is 5.32 Å². The van der Waals surface area contributed by atoms with Gasteiger partial charge in [0.25, 0.3) is 5.91 Å². The number of nitrogens with one attached hydrogen (secondary N) is 1. The van der Waals surface area contributed by atoms with Crippen molar-refractivity contribution < 1.29 is 9.21 Å². The van der Waals surface area contributed by atoms with Crippen molar-refractivity contribution in [3.63, 3.8) is 0 Å². The summed E-state index contributed by atoms with van der Waals surface area (Å²) in [6.45, 7) is 10.6. The van der Waals surface area contributed by atoms with E-state index in [1.165, 1.54) is 5.56 Å². The van der Waals surface area contributed by atoms with E-state index < -0.39 is 0 Å². The first-order valence-electron chi connectivity index (χ1n) is 10.3. The van der Waals surface area contributed by atoms with Crippen molar-refractivity contribution in [1.29, 1.82) is 0 Å². The highest BCUT2D eigenvalue weighted by Crippen LogP contribution is 2.25. The molecule has 0 aliphatic carbocycles. The van der Waals surface area contributed by atoms with Crippen molar-refractivity contribution in [1.82, 2.24) is 14.8 Å². The fraction of sp³-hybridized carbons (Fsp3) is 0.240. The molecule has 0 aliphatic rings. The summed E-state index contributed by atoms with van der Waals surface area (Å²) in [6, 6.07) is 15.0. The van der Waals surface area contributed by atoms with E-state index in [1.807, 2.05) is 74.0 Å². The van der Waals surface area contributed by atoms with Gasteiger partial charge in [0.15, 0.2) is 0 Å². The number of hydrogen-bond donors (Lipinski definition) is 1. The van der Waals surface area contributed by atoms with Crippen molar-refractivity contribution in [2.24, 2.45) is 0 Å². The van der Waals surface area contributed by atoms with Gasteiger partial charge in [0, 0.05) is 22.5 Å². The maximum absolute atomic E-state index is 12.5. The Labute approximate surface area is 181 Å². The first-order valence-corrected chi connectivity index (χ1v) is 10.3. The molecule has 4 rings (SSSR count). The zero-order valence-corrected chi connectivity index (χ0v) is 18.5. The first kappa shape index (κ1) is 20.6. The summed E-state index contributed by atoms with van der Waals surface area (Å²) in [5.41, 5.74) is 7.40. The molecule has 0 unspecified atom stereocenters. The molecule has 0 saturated carbocycles. The molecule has 0 bridgehead atoms. The minimum atomic E-state index is -0.125. The lowest BCUT2D eigenvalue weighted by molar-refractivity contribution is 0.102. The Morgan fingerprint density at radius 2 is 1.71 bits per heavy atom. The second-order valence-corrected chi connectivity index (χ2v) is 7.82. The highest BCUT2D eigenvalue weighted by molar-refractivity contribution is 6.05. The SMILES string of the molecule is Cc1ccccc1C(=O)Nc1ccc(-c2nc(Cn3nc(C)c(C)c3C)c(C)o2)cc1. The fourth-order valence-electron chi connectivity index (χ4n) is 3.50. The van der Waals surface area contributed by atoms with Gasteiger partial charge in [0.2, 0.25) is 5.89 Å². The molecule has 0 aliphatic heterocycles. The smallest absolute Gasteiger partial charge is 0.255 e. The second kappa shape index (κ2) is 8.22. The molecule has 0 saturated heterocycles. The van der Waals surface area contributed by atoms with Gasteiger partial charge in [-0.05, 0) is 76.1 Å². The lowest BCUT2D eigenvalue weighted by atomic mass is 10.1. The van der Waals surface area contributed by atoms with Crippen LogP contribution in [0.2, 0.25) is 0 Å². The Bertz CT molecular complexity index is 1250. The summed E-state index contributed by atoms with van der Waals surface area (Å²) < 4.78 is 7.88. The quantitative estimate of drug-likeness (QED) is 0.476. The molecule has 0 atom stereocenters. The second-order valence-electron chi connectivity index (χ2n) is 7.82. The molecular weight excluding hydrogens is 388 g/mol. The number of amides is 1. The van der Waals surface area contributed by atoms with Crippen molar-refractivity contribution in [2.75, 3.05) is 5.32 Å². The molecule has 0 fully saturated rings. The van der Waals surface area contributed by atoms with Crippen LogP contribution in [-0.4, -0.2) is 20.7 Å². The number of aromatic nitrogens is 3. The van der Waals surface area contributed by atoms with Gasteiger partial charge in [-0.15, -0.1) is 0 Å². The number of rotatable bonds is 5. The van der Waals surface area contributed by atoms with E-state index >= 15 is 0 Å². The van der Waals surface area contributed by atoms with Crippen molar-refractivity contribution in [3.8, 4) is 11.5 Å². The third-order valence-corrected chi connectivity index (χ3v) is 5.71. The average Bonchev–Trinajstić information content (AvgIpc) is 3.23. The van der Waals surface area contributed by atoms with Gasteiger partial charge in [-0.1, -0.05) is 18.2 Å². The number of hydrogen-bond acceptors (Lipinski definition) is 4. The van der Waals surface area contributed by atoms with Gasteiger partial charge < -0.3 is 9.73 Å². The Hall–Kier alpha value is -3.67. The molecular formula is C25H26N4O2. The van der Waals surface area contributed by atoms with Gasteiger partial charge in [-0.3, -0.25) is 9.48 Å². The number of carbonyl (C=O) groups is 1. The predicted octanol–water partition coefficient (Wildman–Crippen LogP) is 5.38. The lowest BCUT2D eigenvalue weighted by Crippen LogP contribution is -2.13. The highest BCUT2D eigenvalue weighted by Gasteiger charge is 2.15. The highest BCUT2D eigenvalue weighted by atomic mass is 16.4. The number of aryl methyl sites for hydroxylation is 3. The van der Waals surface area contributed by atoms with Gasteiger partial charge in [-0.2, -0.15) is 5.10 Å². The Morgan fingerprint density at radius 3 is 2.35 bits per heavy atom. The van der Waals surface area contributed by atoms with E-state index in [-0.39, 0.29) is 5.91 Å². The van der Waals surface area contributed by atoms with Gasteiger partial charge >= 0.3 is 0 Å². The molecule has 1 N–H and O–H groups in total. The van der Waals surface area contributed by atoms with Gasteiger partial charge in [0.05, 0.1) is 12.2 Å². The van der Waals surface area contributed by atoms with Crippen LogP contribution in [0, 0.1) is 34.6 Å². The molecule has 4 aromatic rings. The first-order chi connectivity index (χ1) is 14.8. The molecule has 0 radical (unpaired) electrons. The minimum absolute atomic E-state index is 0.125. The fourth-order valence-corrected chi connectivity index (χ4v) is 3.50. The normalized spacial score (nSPS) is 11.0. The zero-order valence-electron chi connectivity index (χ0n) is 18.5. The Morgan fingerprint density at radius 1 is 1.00 bits per heavy atom. The maximum atomic E-state index is 12.5. The summed E-state index contributed by atoms with van der Waals surface area (Å²) in [4.78, 5) is 17.2. The molecule has 6 nitrogen and oxygen atoms in total. The Kier molecular flexibility index (Phi) is 5.46. The summed E-state index contributed by atoms with van der Waals surface area (Å²) >= 11 is 0. The van der Waals surface area contributed by atoms with Crippen LogP contribution in [-0.2, 0) is 6.54 Å². The predicted molar refractivity (Wildman–Crippen MR) is 121 cm³/mol. The van der Waals surface area contributed by atoms with Crippen LogP contribution in [0.3, 0.4) is 0 Å². The molecule has 31 heavy (non-hydrogen) atoms. The maximum Gasteiger partial charge on any atom is 0.255 e. The van der Waals surface area contributed by atoms with E-state index in [2.05, 4.69) is 24.3 Å². The standard InChI is InChI=1S/C25H26N4O2/c1-15-8-6-7-9-22(15)24(30)26-21-12-10-20(11-13-21)25-27-23(19(5)31-25)14-29-18(4)16(2)17(3)28-29/h6-13H,14H2,1-5H3,(H,26,30). The summed E-state index contributed by atoms with van der Waals surface area (Å²) in [6.07, 6.45) is 0. The number of anilines is 1. The molecule has 2 heterocycles. The van der Waals surface area contributed by atoms with Gasteiger partial charge in [0.1, 0.15) is 11.5 Å². The average molecular weight is 415 g/mol.